The van der Waals surface area contributed by atoms with Crippen molar-refractivity contribution in [1.82, 2.24) is 9.55 Å². The van der Waals surface area contributed by atoms with Crippen molar-refractivity contribution in [3.05, 3.63) is 70.5 Å². The van der Waals surface area contributed by atoms with Gasteiger partial charge >= 0.3 is 0 Å². The summed E-state index contributed by atoms with van der Waals surface area (Å²) in [7, 11) is 0. The number of amides is 1. The van der Waals surface area contributed by atoms with Gasteiger partial charge in [0, 0.05) is 6.54 Å². The fourth-order valence-electron chi connectivity index (χ4n) is 3.30. The van der Waals surface area contributed by atoms with Crippen molar-refractivity contribution in [2.75, 3.05) is 11.4 Å². The summed E-state index contributed by atoms with van der Waals surface area (Å²) in [5.41, 5.74) is 1.47. The molecular weight excluding hydrogens is 321 g/mol. The standard InChI is InChI=1S/C19H16FN3O2/c20-15-8-3-5-13-6-4-10-23(18(13)15)17(24)11-22-12-21-16-9-2-1-7-14(16)19(22)25/h1-3,5,7-9,12H,4,6,10-11H2. The van der Waals surface area contributed by atoms with E-state index in [0.717, 1.165) is 18.4 Å². The van der Waals surface area contributed by atoms with Crippen molar-refractivity contribution < 1.29 is 9.18 Å². The molecule has 0 spiro atoms. The molecule has 25 heavy (non-hydrogen) atoms. The van der Waals surface area contributed by atoms with E-state index < -0.39 is 5.82 Å². The van der Waals surface area contributed by atoms with Crippen molar-refractivity contribution in [1.29, 1.82) is 0 Å². The maximum Gasteiger partial charge on any atom is 0.261 e. The smallest absolute Gasteiger partial charge is 0.261 e. The molecule has 2 aromatic carbocycles. The first kappa shape index (κ1) is 15.5. The van der Waals surface area contributed by atoms with Crippen molar-refractivity contribution >= 4 is 22.5 Å². The second kappa shape index (κ2) is 6.12. The molecule has 1 aliphatic rings. The van der Waals surface area contributed by atoms with Crippen molar-refractivity contribution in [3.63, 3.8) is 0 Å². The van der Waals surface area contributed by atoms with Gasteiger partial charge in [-0.15, -0.1) is 0 Å². The molecule has 0 radical (unpaired) electrons. The highest BCUT2D eigenvalue weighted by molar-refractivity contribution is 5.94. The number of halogens is 1. The van der Waals surface area contributed by atoms with E-state index in [1.54, 1.807) is 30.3 Å². The number of benzene rings is 2. The van der Waals surface area contributed by atoms with Gasteiger partial charge in [0.05, 0.1) is 22.9 Å². The van der Waals surface area contributed by atoms with E-state index in [9.17, 15) is 14.0 Å². The molecule has 0 saturated carbocycles. The quantitative estimate of drug-likeness (QED) is 0.722. The van der Waals surface area contributed by atoms with Gasteiger partial charge in [-0.1, -0.05) is 24.3 Å². The molecule has 2 heterocycles. The topological polar surface area (TPSA) is 55.2 Å². The highest BCUT2D eigenvalue weighted by Gasteiger charge is 2.25. The van der Waals surface area contributed by atoms with E-state index in [1.165, 1.54) is 21.9 Å². The zero-order chi connectivity index (χ0) is 17.4. The van der Waals surface area contributed by atoms with Crippen molar-refractivity contribution in [2.45, 2.75) is 19.4 Å². The van der Waals surface area contributed by atoms with Crippen LogP contribution in [0.15, 0.2) is 53.6 Å². The van der Waals surface area contributed by atoms with Crippen molar-refractivity contribution in [2.24, 2.45) is 0 Å². The largest absolute Gasteiger partial charge is 0.308 e. The van der Waals surface area contributed by atoms with E-state index >= 15 is 0 Å². The summed E-state index contributed by atoms with van der Waals surface area (Å²) in [6.45, 7) is 0.285. The van der Waals surface area contributed by atoms with Crippen LogP contribution in [0.5, 0.6) is 0 Å². The van der Waals surface area contributed by atoms with E-state index in [1.807, 2.05) is 6.07 Å². The van der Waals surface area contributed by atoms with Crippen LogP contribution in [0.25, 0.3) is 10.9 Å². The first-order valence-corrected chi connectivity index (χ1v) is 8.17. The Kier molecular flexibility index (Phi) is 3.80. The van der Waals surface area contributed by atoms with Crippen LogP contribution in [0.1, 0.15) is 12.0 Å². The maximum atomic E-state index is 14.2. The van der Waals surface area contributed by atoms with Gasteiger partial charge in [0.1, 0.15) is 12.4 Å². The van der Waals surface area contributed by atoms with Gasteiger partial charge in [-0.2, -0.15) is 0 Å². The molecule has 0 N–H and O–H groups in total. The SMILES string of the molecule is O=C(Cn1cnc2ccccc2c1=O)N1CCCc2cccc(F)c21. The van der Waals surface area contributed by atoms with Crippen LogP contribution >= 0.6 is 0 Å². The second-order valence-electron chi connectivity index (χ2n) is 6.09. The number of carbonyl (C=O) groups is 1. The average Bonchev–Trinajstić information content (AvgIpc) is 2.64. The van der Waals surface area contributed by atoms with E-state index in [-0.39, 0.29) is 18.0 Å². The zero-order valence-electron chi connectivity index (χ0n) is 13.5. The van der Waals surface area contributed by atoms with E-state index in [0.29, 0.717) is 23.1 Å². The molecule has 126 valence electrons. The van der Waals surface area contributed by atoms with Crippen LogP contribution in [0, 0.1) is 5.82 Å². The average molecular weight is 337 g/mol. The van der Waals surface area contributed by atoms with Crippen molar-refractivity contribution in [3.8, 4) is 0 Å². The molecule has 4 rings (SSSR count). The maximum absolute atomic E-state index is 14.2. The molecule has 0 bridgehead atoms. The van der Waals surface area contributed by atoms with Crippen LogP contribution in [0.2, 0.25) is 0 Å². The Bertz CT molecular complexity index is 1030. The first-order valence-electron chi connectivity index (χ1n) is 8.17. The summed E-state index contributed by atoms with van der Waals surface area (Å²) >= 11 is 0. The number of rotatable bonds is 2. The third kappa shape index (κ3) is 2.69. The summed E-state index contributed by atoms with van der Waals surface area (Å²) < 4.78 is 15.5. The van der Waals surface area contributed by atoms with Crippen LogP contribution in [-0.2, 0) is 17.8 Å². The molecular formula is C19H16FN3O2. The Morgan fingerprint density at radius 3 is 2.88 bits per heavy atom. The number of anilines is 1. The van der Waals surface area contributed by atoms with Crippen LogP contribution in [0.4, 0.5) is 10.1 Å². The number of hydrogen-bond donors (Lipinski definition) is 0. The predicted octanol–water partition coefficient (Wildman–Crippen LogP) is 2.52. The monoisotopic (exact) mass is 337 g/mol. The number of aromatic nitrogens is 2. The van der Waals surface area contributed by atoms with Gasteiger partial charge in [-0.3, -0.25) is 14.2 Å². The lowest BCUT2D eigenvalue weighted by Crippen LogP contribution is -2.40. The van der Waals surface area contributed by atoms with Crippen LogP contribution in [-0.4, -0.2) is 22.0 Å². The molecule has 1 aliphatic heterocycles. The number of aryl methyl sites for hydroxylation is 1. The van der Waals surface area contributed by atoms with Gasteiger partial charge in [0.25, 0.3) is 5.56 Å². The molecule has 0 saturated heterocycles. The fourth-order valence-corrected chi connectivity index (χ4v) is 3.30. The lowest BCUT2D eigenvalue weighted by Gasteiger charge is -2.30. The molecule has 0 fully saturated rings. The van der Waals surface area contributed by atoms with Gasteiger partial charge in [-0.25, -0.2) is 9.37 Å². The van der Waals surface area contributed by atoms with Crippen LogP contribution < -0.4 is 10.5 Å². The van der Waals surface area contributed by atoms with Gasteiger partial charge in [0.2, 0.25) is 5.91 Å². The fraction of sp³-hybridized carbons (Fsp3) is 0.211. The highest BCUT2D eigenvalue weighted by atomic mass is 19.1. The number of carbonyl (C=O) groups excluding carboxylic acids is 1. The minimum atomic E-state index is -0.408. The molecule has 1 aromatic heterocycles. The van der Waals surface area contributed by atoms with Gasteiger partial charge < -0.3 is 4.90 Å². The number of para-hydroxylation sites is 2. The normalized spacial score (nSPS) is 13.7. The third-order valence-corrected chi connectivity index (χ3v) is 4.51. The summed E-state index contributed by atoms with van der Waals surface area (Å²) in [5.74, 6) is -0.722. The Balaban J connectivity index is 1.68. The Hall–Kier alpha value is -3.02. The molecule has 0 atom stereocenters. The lowest BCUT2D eigenvalue weighted by atomic mass is 10.0. The number of fused-ring (bicyclic) bond motifs is 2. The summed E-state index contributed by atoms with van der Waals surface area (Å²) in [5, 5.41) is 0.461. The minimum absolute atomic E-state index is 0.162. The molecule has 0 aliphatic carbocycles. The molecule has 6 heteroatoms. The van der Waals surface area contributed by atoms with Gasteiger partial charge in [-0.05, 0) is 36.6 Å². The summed E-state index contributed by atoms with van der Waals surface area (Å²) in [6.07, 6.45) is 2.89. The number of hydrogen-bond acceptors (Lipinski definition) is 3. The van der Waals surface area contributed by atoms with Crippen LogP contribution in [0.3, 0.4) is 0 Å². The highest BCUT2D eigenvalue weighted by Crippen LogP contribution is 2.30. The molecule has 5 nitrogen and oxygen atoms in total. The Morgan fingerprint density at radius 1 is 1.16 bits per heavy atom. The zero-order valence-corrected chi connectivity index (χ0v) is 13.5. The predicted molar refractivity (Wildman–Crippen MR) is 93.1 cm³/mol. The molecule has 1 amide bonds. The third-order valence-electron chi connectivity index (χ3n) is 4.51. The number of nitrogens with zero attached hydrogens (tertiary/aromatic N) is 3. The van der Waals surface area contributed by atoms with E-state index in [2.05, 4.69) is 4.98 Å². The Labute approximate surface area is 143 Å². The second-order valence-corrected chi connectivity index (χ2v) is 6.09. The van der Waals surface area contributed by atoms with E-state index in [4.69, 9.17) is 0 Å². The lowest BCUT2D eigenvalue weighted by molar-refractivity contribution is -0.119. The summed E-state index contributed by atoms with van der Waals surface area (Å²) in [6, 6.07) is 11.8. The van der Waals surface area contributed by atoms with Gasteiger partial charge in [0.15, 0.2) is 0 Å². The Morgan fingerprint density at radius 2 is 2.00 bits per heavy atom. The summed E-state index contributed by atoms with van der Waals surface area (Å²) in [4.78, 5) is 30.9. The molecule has 0 unspecified atom stereocenters. The molecule has 3 aromatic rings. The minimum Gasteiger partial charge on any atom is -0.308 e. The first-order chi connectivity index (χ1) is 12.1.